The van der Waals surface area contributed by atoms with Crippen molar-refractivity contribution >= 4 is 61.2 Å². The van der Waals surface area contributed by atoms with Crippen LogP contribution >= 0.6 is 0 Å². The molecule has 4 aliphatic rings. The van der Waals surface area contributed by atoms with Crippen LogP contribution in [0.15, 0.2) is 130 Å². The van der Waals surface area contributed by atoms with E-state index in [1.165, 1.54) is 30.4 Å². The maximum Gasteiger partial charge on any atom is 0.153 e. The van der Waals surface area contributed by atoms with Gasteiger partial charge in [-0.25, -0.2) is 0 Å². The molecule has 4 aromatic carbocycles. The van der Waals surface area contributed by atoms with Crippen molar-refractivity contribution in [2.45, 2.75) is 25.2 Å². The second-order valence-corrected chi connectivity index (χ2v) is 14.6. The minimum Gasteiger partial charge on any atom is -0.454 e. The van der Waals surface area contributed by atoms with Crippen molar-refractivity contribution in [1.29, 1.82) is 0 Å². The zero-order valence-electron chi connectivity index (χ0n) is 26.2. The molecule has 1 spiro atoms. The summed E-state index contributed by atoms with van der Waals surface area (Å²) in [5, 5.41) is 2.00. The molecule has 0 saturated heterocycles. The molecule has 8 aromatic rings. The Labute approximate surface area is 276 Å². The highest BCUT2D eigenvalue weighted by Crippen LogP contribution is 2.91. The molecule has 4 saturated carbocycles. The van der Waals surface area contributed by atoms with Gasteiger partial charge in [0.1, 0.15) is 22.2 Å². The lowest BCUT2D eigenvalue weighted by molar-refractivity contribution is -0.390. The molecule has 4 fully saturated rings. The van der Waals surface area contributed by atoms with E-state index in [-0.39, 0.29) is 0 Å². The van der Waals surface area contributed by atoms with Crippen LogP contribution in [0.4, 0.5) is 17.1 Å². The zero-order chi connectivity index (χ0) is 31.1. The number of rotatable bonds is 5. The third kappa shape index (κ3) is 3.13. The number of benzene rings is 4. The Morgan fingerprint density at radius 3 is 1.85 bits per heavy atom. The molecule has 0 amide bonds. The normalized spacial score (nSPS) is 26.4. The standard InChI is InChI=1S/C43H31N3O2/c1-3-37-41(44-17-1)32-15-13-31(23-39(32)48-37)46(30-14-16-36-33(22-30)42-38(47-36)4-2-18-45-42)29-11-9-25(10-12-29)24-5-7-26(8-6-24)40-34-20-27-19-28-21-35(40)43(27,28)34/h1-18,22-23,27-28,34-35,40H,19-21H2. The number of hydrogen-bond acceptors (Lipinski definition) is 5. The summed E-state index contributed by atoms with van der Waals surface area (Å²) >= 11 is 0. The largest absolute Gasteiger partial charge is 0.454 e. The third-order valence-electron chi connectivity index (χ3n) is 12.9. The van der Waals surface area contributed by atoms with Gasteiger partial charge in [0.15, 0.2) is 11.2 Å². The predicted octanol–water partition coefficient (Wildman–Crippen LogP) is 11.2. The van der Waals surface area contributed by atoms with Crippen LogP contribution in [0.1, 0.15) is 30.7 Å². The van der Waals surface area contributed by atoms with E-state index in [1.807, 2.05) is 42.7 Å². The van der Waals surface area contributed by atoms with Crippen LogP contribution < -0.4 is 4.90 Å². The predicted molar refractivity (Wildman–Crippen MR) is 190 cm³/mol. The summed E-state index contributed by atoms with van der Waals surface area (Å²) in [6.07, 6.45) is 8.13. The summed E-state index contributed by atoms with van der Waals surface area (Å²) in [4.78, 5) is 11.5. The fraction of sp³-hybridized carbons (Fsp3) is 0.209. The molecule has 0 radical (unpaired) electrons. The van der Waals surface area contributed by atoms with Gasteiger partial charge in [-0.2, -0.15) is 0 Å². The Morgan fingerprint density at radius 1 is 0.542 bits per heavy atom. The number of hydrogen-bond donors (Lipinski definition) is 0. The first-order chi connectivity index (χ1) is 23.7. The lowest BCUT2D eigenvalue weighted by Gasteiger charge is -2.89. The number of fused-ring (bicyclic) bond motifs is 6. The molecule has 0 aliphatic heterocycles. The van der Waals surface area contributed by atoms with Gasteiger partial charge in [-0.15, -0.1) is 0 Å². The average molecular weight is 622 g/mol. The van der Waals surface area contributed by atoms with Crippen LogP contribution in [0, 0.1) is 29.1 Å². The highest BCUT2D eigenvalue weighted by molar-refractivity contribution is 6.06. The molecule has 12 rings (SSSR count). The fourth-order valence-corrected chi connectivity index (χ4v) is 10.8. The van der Waals surface area contributed by atoms with E-state index in [1.54, 1.807) is 5.56 Å². The summed E-state index contributed by atoms with van der Waals surface area (Å²) in [5.74, 6) is 4.91. The fourth-order valence-electron chi connectivity index (χ4n) is 10.8. The van der Waals surface area contributed by atoms with E-state index in [0.29, 0.717) is 0 Å². The van der Waals surface area contributed by atoms with E-state index >= 15 is 0 Å². The van der Waals surface area contributed by atoms with Crippen molar-refractivity contribution in [2.24, 2.45) is 29.1 Å². The summed E-state index contributed by atoms with van der Waals surface area (Å²) in [6.45, 7) is 0. The van der Waals surface area contributed by atoms with Crippen molar-refractivity contribution in [1.82, 2.24) is 9.97 Å². The Kier molecular flexibility index (Phi) is 4.77. The van der Waals surface area contributed by atoms with Crippen LogP contribution in [0.3, 0.4) is 0 Å². The van der Waals surface area contributed by atoms with Gasteiger partial charge in [0.05, 0.1) is 0 Å². The minimum absolute atomic E-state index is 0.788. The number of furan rings is 2. The van der Waals surface area contributed by atoms with Gasteiger partial charge in [-0.3, -0.25) is 9.97 Å². The lowest BCUT2D eigenvalue weighted by atomic mass is 9.15. The topological polar surface area (TPSA) is 55.3 Å². The third-order valence-corrected chi connectivity index (χ3v) is 12.9. The quantitative estimate of drug-likeness (QED) is 0.191. The average Bonchev–Trinajstić information content (AvgIpc) is 3.66. The first-order valence-corrected chi connectivity index (χ1v) is 17.3. The summed E-state index contributed by atoms with van der Waals surface area (Å²) < 4.78 is 12.4. The highest BCUT2D eigenvalue weighted by Gasteiger charge is 2.84. The van der Waals surface area contributed by atoms with Crippen molar-refractivity contribution in [3.05, 3.63) is 127 Å². The lowest BCUT2D eigenvalue weighted by Crippen LogP contribution is -2.82. The van der Waals surface area contributed by atoms with Gasteiger partial charge in [0.25, 0.3) is 0 Å². The molecule has 5 nitrogen and oxygen atoms in total. The number of anilines is 3. The molecule has 0 N–H and O–H groups in total. The van der Waals surface area contributed by atoms with E-state index in [2.05, 4.69) is 93.7 Å². The van der Waals surface area contributed by atoms with Crippen molar-refractivity contribution in [2.75, 3.05) is 4.90 Å². The van der Waals surface area contributed by atoms with Crippen LogP contribution in [0.5, 0.6) is 0 Å². The molecule has 4 atom stereocenters. The summed E-state index contributed by atoms with van der Waals surface area (Å²) in [7, 11) is 0. The first kappa shape index (κ1) is 25.6. The summed E-state index contributed by atoms with van der Waals surface area (Å²) in [6, 6.07) is 38.9. The molecule has 0 bridgehead atoms. The first-order valence-electron chi connectivity index (χ1n) is 17.3. The van der Waals surface area contributed by atoms with Gasteiger partial charge in [0, 0.05) is 46.3 Å². The Bertz CT molecular complexity index is 2580. The molecule has 48 heavy (non-hydrogen) atoms. The van der Waals surface area contributed by atoms with E-state index in [4.69, 9.17) is 8.83 Å². The van der Waals surface area contributed by atoms with Crippen molar-refractivity contribution < 1.29 is 8.83 Å². The van der Waals surface area contributed by atoms with Crippen LogP contribution in [-0.4, -0.2) is 9.97 Å². The van der Waals surface area contributed by atoms with Gasteiger partial charge in [0.2, 0.25) is 0 Å². The smallest absolute Gasteiger partial charge is 0.153 e. The van der Waals surface area contributed by atoms with E-state index < -0.39 is 0 Å². The molecular weight excluding hydrogens is 590 g/mol. The van der Waals surface area contributed by atoms with Crippen molar-refractivity contribution in [3.8, 4) is 11.1 Å². The van der Waals surface area contributed by atoms with Gasteiger partial charge >= 0.3 is 0 Å². The van der Waals surface area contributed by atoms with Gasteiger partial charge < -0.3 is 13.7 Å². The molecule has 230 valence electrons. The van der Waals surface area contributed by atoms with E-state index in [0.717, 1.165) is 96.2 Å². The SMILES string of the molecule is c1cnc2c(c1)oc1cc(N(c3ccc(-c4ccc(C5C6CC7CC8CC5C786)cc4)cc3)c3ccc4oc5cccnc5c4c3)ccc12. The molecule has 4 aliphatic carbocycles. The maximum absolute atomic E-state index is 6.27. The second-order valence-electron chi connectivity index (χ2n) is 14.6. The van der Waals surface area contributed by atoms with Crippen molar-refractivity contribution in [3.63, 3.8) is 0 Å². The molecule has 5 heteroatoms. The number of pyridine rings is 2. The Morgan fingerprint density at radius 2 is 1.15 bits per heavy atom. The van der Waals surface area contributed by atoms with Crippen LogP contribution in [0.25, 0.3) is 55.3 Å². The van der Waals surface area contributed by atoms with Gasteiger partial charge in [-0.05, 0) is 138 Å². The molecule has 4 unspecified atom stereocenters. The van der Waals surface area contributed by atoms with Crippen LogP contribution in [-0.2, 0) is 0 Å². The summed E-state index contributed by atoms with van der Waals surface area (Å²) in [5.41, 5.74) is 12.9. The Balaban J connectivity index is 0.927. The zero-order valence-corrected chi connectivity index (χ0v) is 26.2. The minimum atomic E-state index is 0.788. The van der Waals surface area contributed by atoms with Crippen LogP contribution in [0.2, 0.25) is 0 Å². The van der Waals surface area contributed by atoms with E-state index in [9.17, 15) is 0 Å². The highest BCUT2D eigenvalue weighted by atomic mass is 16.3. The maximum atomic E-state index is 6.27. The molecular formula is C43H31N3O2. The number of aromatic nitrogens is 2. The Hall–Kier alpha value is -5.42. The molecule has 4 heterocycles. The molecule has 4 aromatic heterocycles. The second kappa shape index (κ2) is 8.93. The van der Waals surface area contributed by atoms with Gasteiger partial charge in [-0.1, -0.05) is 36.4 Å². The number of nitrogens with zero attached hydrogens (tertiary/aromatic N) is 3. The monoisotopic (exact) mass is 621 g/mol.